The number of halogens is 1. The van der Waals surface area contributed by atoms with Crippen LogP contribution in [0.15, 0.2) is 22.7 Å². The standard InChI is InChI=1S/C15H25BrN2O/c1-4-8-17-12-13-11-14(6-7-15(13)16)19-10-5-9-18(2)3/h6-7,11,17H,4-5,8-10,12H2,1-3H3. The van der Waals surface area contributed by atoms with Crippen molar-refractivity contribution in [1.82, 2.24) is 10.2 Å². The molecule has 1 rings (SSSR count). The molecular formula is C15H25BrN2O. The van der Waals surface area contributed by atoms with E-state index in [1.165, 1.54) is 5.56 Å². The van der Waals surface area contributed by atoms with Gasteiger partial charge in [0, 0.05) is 17.6 Å². The predicted octanol–water partition coefficient (Wildman–Crippen LogP) is 3.28. The number of rotatable bonds is 9. The molecule has 0 amide bonds. The van der Waals surface area contributed by atoms with Crippen LogP contribution in [0.2, 0.25) is 0 Å². The van der Waals surface area contributed by atoms with E-state index >= 15 is 0 Å². The normalized spacial score (nSPS) is 11.0. The van der Waals surface area contributed by atoms with Crippen LogP contribution in [0.1, 0.15) is 25.3 Å². The molecule has 0 bridgehead atoms. The van der Waals surface area contributed by atoms with Crippen LogP contribution in [0.5, 0.6) is 5.75 Å². The van der Waals surface area contributed by atoms with Gasteiger partial charge in [0.1, 0.15) is 5.75 Å². The fraction of sp³-hybridized carbons (Fsp3) is 0.600. The van der Waals surface area contributed by atoms with E-state index in [1.807, 2.05) is 6.07 Å². The minimum atomic E-state index is 0.766. The highest BCUT2D eigenvalue weighted by Gasteiger charge is 2.02. The van der Waals surface area contributed by atoms with Crippen LogP contribution < -0.4 is 10.1 Å². The minimum absolute atomic E-state index is 0.766. The first kappa shape index (κ1) is 16.5. The number of ether oxygens (including phenoxy) is 1. The van der Waals surface area contributed by atoms with Gasteiger partial charge in [0.05, 0.1) is 6.61 Å². The average molecular weight is 329 g/mol. The molecule has 0 atom stereocenters. The maximum absolute atomic E-state index is 5.78. The van der Waals surface area contributed by atoms with Crippen molar-refractivity contribution < 1.29 is 4.74 Å². The Labute approximate surface area is 125 Å². The number of benzene rings is 1. The van der Waals surface area contributed by atoms with Gasteiger partial charge in [-0.15, -0.1) is 0 Å². The summed E-state index contributed by atoms with van der Waals surface area (Å²) in [6.45, 7) is 5.92. The maximum Gasteiger partial charge on any atom is 0.119 e. The molecule has 0 aliphatic carbocycles. The zero-order chi connectivity index (χ0) is 14.1. The van der Waals surface area contributed by atoms with Crippen molar-refractivity contribution in [3.8, 4) is 5.75 Å². The summed E-state index contributed by atoms with van der Waals surface area (Å²) in [7, 11) is 4.16. The molecular weight excluding hydrogens is 304 g/mol. The molecule has 0 aromatic heterocycles. The topological polar surface area (TPSA) is 24.5 Å². The molecule has 0 radical (unpaired) electrons. The molecule has 1 N–H and O–H groups in total. The summed E-state index contributed by atoms with van der Waals surface area (Å²) in [6.07, 6.45) is 2.20. The maximum atomic E-state index is 5.78. The minimum Gasteiger partial charge on any atom is -0.494 e. The summed E-state index contributed by atoms with van der Waals surface area (Å²) in [5.74, 6) is 0.954. The second-order valence-corrected chi connectivity index (χ2v) is 5.79. The van der Waals surface area contributed by atoms with E-state index < -0.39 is 0 Å². The molecule has 4 heteroatoms. The van der Waals surface area contributed by atoms with E-state index in [0.29, 0.717) is 0 Å². The highest BCUT2D eigenvalue weighted by Crippen LogP contribution is 2.22. The quantitative estimate of drug-likeness (QED) is 0.704. The molecule has 1 aromatic rings. The number of hydrogen-bond acceptors (Lipinski definition) is 3. The number of hydrogen-bond donors (Lipinski definition) is 1. The van der Waals surface area contributed by atoms with E-state index in [0.717, 1.165) is 49.3 Å². The van der Waals surface area contributed by atoms with Crippen LogP contribution in [0.25, 0.3) is 0 Å². The monoisotopic (exact) mass is 328 g/mol. The Balaban J connectivity index is 2.43. The van der Waals surface area contributed by atoms with Gasteiger partial charge in [0.2, 0.25) is 0 Å². The van der Waals surface area contributed by atoms with Gasteiger partial charge >= 0.3 is 0 Å². The van der Waals surface area contributed by atoms with Gasteiger partial charge in [-0.2, -0.15) is 0 Å². The Morgan fingerprint density at radius 2 is 2.11 bits per heavy atom. The fourth-order valence-electron chi connectivity index (χ4n) is 1.75. The molecule has 19 heavy (non-hydrogen) atoms. The van der Waals surface area contributed by atoms with E-state index in [-0.39, 0.29) is 0 Å². The van der Waals surface area contributed by atoms with Crippen molar-refractivity contribution in [3.63, 3.8) is 0 Å². The lowest BCUT2D eigenvalue weighted by atomic mass is 10.2. The Morgan fingerprint density at radius 3 is 2.79 bits per heavy atom. The van der Waals surface area contributed by atoms with Gasteiger partial charge in [-0.3, -0.25) is 0 Å². The SMILES string of the molecule is CCCNCc1cc(OCCCN(C)C)ccc1Br. The zero-order valence-corrected chi connectivity index (χ0v) is 13.8. The summed E-state index contributed by atoms with van der Waals surface area (Å²) in [6, 6.07) is 6.19. The van der Waals surface area contributed by atoms with Crippen molar-refractivity contribution in [1.29, 1.82) is 0 Å². The smallest absolute Gasteiger partial charge is 0.119 e. The largest absolute Gasteiger partial charge is 0.494 e. The van der Waals surface area contributed by atoms with Crippen molar-refractivity contribution in [2.45, 2.75) is 26.3 Å². The molecule has 0 unspecified atom stereocenters. The van der Waals surface area contributed by atoms with E-state index in [4.69, 9.17) is 4.74 Å². The molecule has 0 heterocycles. The van der Waals surface area contributed by atoms with Crippen LogP contribution in [0.4, 0.5) is 0 Å². The van der Waals surface area contributed by atoms with Crippen molar-refractivity contribution >= 4 is 15.9 Å². The number of nitrogens with zero attached hydrogens (tertiary/aromatic N) is 1. The highest BCUT2D eigenvalue weighted by molar-refractivity contribution is 9.10. The first-order valence-corrected chi connectivity index (χ1v) is 7.69. The molecule has 0 spiro atoms. The van der Waals surface area contributed by atoms with Gasteiger partial charge in [-0.25, -0.2) is 0 Å². The predicted molar refractivity (Wildman–Crippen MR) is 84.8 cm³/mol. The molecule has 3 nitrogen and oxygen atoms in total. The first-order valence-electron chi connectivity index (χ1n) is 6.90. The molecule has 1 aromatic carbocycles. The second-order valence-electron chi connectivity index (χ2n) is 4.94. The Kier molecular flexibility index (Phi) is 8.10. The second kappa shape index (κ2) is 9.34. The van der Waals surface area contributed by atoms with Crippen LogP contribution in [-0.2, 0) is 6.54 Å². The van der Waals surface area contributed by atoms with Gasteiger partial charge in [-0.1, -0.05) is 22.9 Å². The average Bonchev–Trinajstić information content (AvgIpc) is 2.38. The van der Waals surface area contributed by atoms with Crippen LogP contribution in [0.3, 0.4) is 0 Å². The fourth-order valence-corrected chi connectivity index (χ4v) is 2.13. The molecule has 108 valence electrons. The molecule has 0 saturated carbocycles. The summed E-state index contributed by atoms with van der Waals surface area (Å²) in [4.78, 5) is 2.17. The lowest BCUT2D eigenvalue weighted by molar-refractivity contribution is 0.281. The van der Waals surface area contributed by atoms with Gasteiger partial charge < -0.3 is 15.0 Å². The number of nitrogens with one attached hydrogen (secondary N) is 1. The Hall–Kier alpha value is -0.580. The van der Waals surface area contributed by atoms with Crippen LogP contribution in [-0.4, -0.2) is 38.7 Å². The summed E-state index contributed by atoms with van der Waals surface area (Å²) in [5, 5.41) is 3.41. The van der Waals surface area contributed by atoms with Crippen molar-refractivity contribution in [2.75, 3.05) is 33.8 Å². The third-order valence-corrected chi connectivity index (χ3v) is 3.55. The third-order valence-electron chi connectivity index (χ3n) is 2.78. The van der Waals surface area contributed by atoms with E-state index in [9.17, 15) is 0 Å². The first-order chi connectivity index (χ1) is 9.13. The molecule has 0 fully saturated rings. The summed E-state index contributed by atoms with van der Waals surface area (Å²) in [5.41, 5.74) is 1.25. The van der Waals surface area contributed by atoms with Crippen molar-refractivity contribution in [2.24, 2.45) is 0 Å². The zero-order valence-electron chi connectivity index (χ0n) is 12.2. The lowest BCUT2D eigenvalue weighted by Crippen LogP contribution is -2.16. The van der Waals surface area contributed by atoms with Gasteiger partial charge in [0.15, 0.2) is 0 Å². The highest BCUT2D eigenvalue weighted by atomic mass is 79.9. The summed E-state index contributed by atoms with van der Waals surface area (Å²) < 4.78 is 6.92. The lowest BCUT2D eigenvalue weighted by Gasteiger charge is -2.12. The van der Waals surface area contributed by atoms with E-state index in [1.54, 1.807) is 0 Å². The Bertz CT molecular complexity index is 369. The van der Waals surface area contributed by atoms with Crippen molar-refractivity contribution in [3.05, 3.63) is 28.2 Å². The third kappa shape index (κ3) is 6.95. The summed E-state index contributed by atoms with van der Waals surface area (Å²) >= 11 is 3.58. The van der Waals surface area contributed by atoms with Gasteiger partial charge in [-0.05, 0) is 57.2 Å². The van der Waals surface area contributed by atoms with Crippen LogP contribution in [0, 0.1) is 0 Å². The molecule has 0 saturated heterocycles. The Morgan fingerprint density at radius 1 is 1.32 bits per heavy atom. The molecule has 0 aliphatic rings. The van der Waals surface area contributed by atoms with Gasteiger partial charge in [0.25, 0.3) is 0 Å². The van der Waals surface area contributed by atoms with Crippen LogP contribution >= 0.6 is 15.9 Å². The molecule has 0 aliphatic heterocycles. The van der Waals surface area contributed by atoms with E-state index in [2.05, 4.69) is 59.3 Å².